The molecule has 0 aliphatic heterocycles. The predicted octanol–water partition coefficient (Wildman–Crippen LogP) is 2.64. The number of ether oxygens (including phenoxy) is 1. The standard InChI is InChI=1S/C14H11NO/c1-2-12-8-14(10-15-9-12)16-11-13-6-4-3-5-7-13/h1,3-10H,11H2. The third-order valence-corrected chi connectivity index (χ3v) is 2.13. The van der Waals surface area contributed by atoms with Crippen molar-refractivity contribution in [2.45, 2.75) is 6.61 Å². The van der Waals surface area contributed by atoms with Gasteiger partial charge in [-0.15, -0.1) is 6.42 Å². The molecule has 0 saturated carbocycles. The summed E-state index contributed by atoms with van der Waals surface area (Å²) in [5, 5.41) is 0. The first-order chi connectivity index (χ1) is 7.88. The molecule has 2 heteroatoms. The number of aromatic nitrogens is 1. The highest BCUT2D eigenvalue weighted by molar-refractivity contribution is 5.34. The number of rotatable bonds is 3. The number of pyridine rings is 1. The normalized spacial score (nSPS) is 9.44. The quantitative estimate of drug-likeness (QED) is 0.725. The van der Waals surface area contributed by atoms with Crippen molar-refractivity contribution in [3.8, 4) is 18.1 Å². The molecule has 0 aliphatic carbocycles. The second kappa shape index (κ2) is 4.99. The van der Waals surface area contributed by atoms with Gasteiger partial charge >= 0.3 is 0 Å². The highest BCUT2D eigenvalue weighted by Gasteiger charge is 1.96. The number of hydrogen-bond donors (Lipinski definition) is 0. The maximum atomic E-state index is 5.58. The van der Waals surface area contributed by atoms with Crippen LogP contribution in [0, 0.1) is 12.3 Å². The minimum atomic E-state index is 0.524. The van der Waals surface area contributed by atoms with E-state index in [1.54, 1.807) is 18.5 Å². The van der Waals surface area contributed by atoms with Crippen molar-refractivity contribution in [2.75, 3.05) is 0 Å². The number of hydrogen-bond acceptors (Lipinski definition) is 2. The molecule has 0 fully saturated rings. The Morgan fingerprint density at radius 1 is 1.19 bits per heavy atom. The molecule has 0 saturated heterocycles. The Morgan fingerprint density at radius 2 is 2.00 bits per heavy atom. The largest absolute Gasteiger partial charge is 0.487 e. The molecule has 0 atom stereocenters. The minimum absolute atomic E-state index is 0.524. The molecule has 0 N–H and O–H groups in total. The van der Waals surface area contributed by atoms with Gasteiger partial charge in [0, 0.05) is 11.8 Å². The second-order valence-electron chi connectivity index (χ2n) is 3.33. The summed E-state index contributed by atoms with van der Waals surface area (Å²) in [6, 6.07) is 11.8. The number of terminal acetylenes is 1. The van der Waals surface area contributed by atoms with E-state index in [0.717, 1.165) is 11.1 Å². The zero-order valence-corrected chi connectivity index (χ0v) is 8.76. The maximum absolute atomic E-state index is 5.58. The first-order valence-corrected chi connectivity index (χ1v) is 4.97. The zero-order valence-electron chi connectivity index (χ0n) is 8.76. The Bertz CT molecular complexity index is 500. The molecule has 1 heterocycles. The Hall–Kier alpha value is -2.27. The summed E-state index contributed by atoms with van der Waals surface area (Å²) in [5.74, 6) is 3.22. The maximum Gasteiger partial charge on any atom is 0.139 e. The van der Waals surface area contributed by atoms with Crippen molar-refractivity contribution >= 4 is 0 Å². The van der Waals surface area contributed by atoms with E-state index in [2.05, 4.69) is 10.9 Å². The summed E-state index contributed by atoms with van der Waals surface area (Å²) in [6.07, 6.45) is 8.57. The fourth-order valence-corrected chi connectivity index (χ4v) is 1.32. The van der Waals surface area contributed by atoms with Crippen LogP contribution in [0.5, 0.6) is 5.75 Å². The van der Waals surface area contributed by atoms with Gasteiger partial charge in [0.25, 0.3) is 0 Å². The first-order valence-electron chi connectivity index (χ1n) is 4.97. The van der Waals surface area contributed by atoms with Crippen LogP contribution in [0.4, 0.5) is 0 Å². The molecule has 1 aromatic carbocycles. The van der Waals surface area contributed by atoms with E-state index in [1.165, 1.54) is 0 Å². The summed E-state index contributed by atoms with van der Waals surface area (Å²) in [7, 11) is 0. The van der Waals surface area contributed by atoms with Gasteiger partial charge in [-0.05, 0) is 11.6 Å². The molecule has 0 amide bonds. The lowest BCUT2D eigenvalue weighted by molar-refractivity contribution is 0.305. The number of nitrogens with zero attached hydrogens (tertiary/aromatic N) is 1. The van der Waals surface area contributed by atoms with E-state index in [1.807, 2.05) is 30.3 Å². The van der Waals surface area contributed by atoms with Crippen molar-refractivity contribution in [2.24, 2.45) is 0 Å². The highest BCUT2D eigenvalue weighted by atomic mass is 16.5. The molecule has 0 aliphatic rings. The van der Waals surface area contributed by atoms with Gasteiger partial charge in [-0.3, -0.25) is 4.98 Å². The summed E-state index contributed by atoms with van der Waals surface area (Å²) in [6.45, 7) is 0.524. The molecule has 1 aromatic heterocycles. The molecule has 0 unspecified atom stereocenters. The summed E-state index contributed by atoms with van der Waals surface area (Å²) in [5.41, 5.74) is 1.85. The fraction of sp³-hybridized carbons (Fsp3) is 0.0714. The lowest BCUT2D eigenvalue weighted by atomic mass is 10.2. The van der Waals surface area contributed by atoms with E-state index < -0.39 is 0 Å². The van der Waals surface area contributed by atoms with Crippen LogP contribution in [0.3, 0.4) is 0 Å². The molecular formula is C14H11NO. The van der Waals surface area contributed by atoms with Crippen LogP contribution < -0.4 is 4.74 Å². The zero-order chi connectivity index (χ0) is 11.2. The monoisotopic (exact) mass is 209 g/mol. The molecule has 2 aromatic rings. The molecular weight excluding hydrogens is 198 g/mol. The topological polar surface area (TPSA) is 22.1 Å². The van der Waals surface area contributed by atoms with E-state index in [9.17, 15) is 0 Å². The molecule has 2 rings (SSSR count). The van der Waals surface area contributed by atoms with Crippen LogP contribution >= 0.6 is 0 Å². The molecule has 2 nitrogen and oxygen atoms in total. The molecule has 0 radical (unpaired) electrons. The molecule has 16 heavy (non-hydrogen) atoms. The van der Waals surface area contributed by atoms with Crippen LogP contribution in [-0.4, -0.2) is 4.98 Å². The third kappa shape index (κ3) is 2.61. The Morgan fingerprint density at radius 3 is 2.75 bits per heavy atom. The summed E-state index contributed by atoms with van der Waals surface area (Å²) >= 11 is 0. The second-order valence-corrected chi connectivity index (χ2v) is 3.33. The van der Waals surface area contributed by atoms with Crippen molar-refractivity contribution in [3.05, 3.63) is 59.9 Å². The Balaban J connectivity index is 2.03. The first kappa shape index (κ1) is 10.3. The van der Waals surface area contributed by atoms with Crippen molar-refractivity contribution < 1.29 is 4.74 Å². The Labute approximate surface area is 94.9 Å². The number of benzene rings is 1. The smallest absolute Gasteiger partial charge is 0.139 e. The van der Waals surface area contributed by atoms with Gasteiger partial charge in [-0.25, -0.2) is 0 Å². The fourth-order valence-electron chi connectivity index (χ4n) is 1.32. The third-order valence-electron chi connectivity index (χ3n) is 2.13. The van der Waals surface area contributed by atoms with Crippen molar-refractivity contribution in [1.82, 2.24) is 4.98 Å². The van der Waals surface area contributed by atoms with Gasteiger partial charge in [-0.2, -0.15) is 0 Å². The lowest BCUT2D eigenvalue weighted by Crippen LogP contribution is -1.95. The lowest BCUT2D eigenvalue weighted by Gasteiger charge is -2.05. The van der Waals surface area contributed by atoms with Crippen LogP contribution in [0.2, 0.25) is 0 Å². The van der Waals surface area contributed by atoms with Gasteiger partial charge in [-0.1, -0.05) is 36.3 Å². The van der Waals surface area contributed by atoms with E-state index in [4.69, 9.17) is 11.2 Å². The van der Waals surface area contributed by atoms with Crippen LogP contribution in [0.25, 0.3) is 0 Å². The van der Waals surface area contributed by atoms with Gasteiger partial charge in [0.2, 0.25) is 0 Å². The van der Waals surface area contributed by atoms with Crippen molar-refractivity contribution in [3.63, 3.8) is 0 Å². The van der Waals surface area contributed by atoms with Crippen LogP contribution in [0.15, 0.2) is 48.8 Å². The Kier molecular flexibility index (Phi) is 3.20. The van der Waals surface area contributed by atoms with Gasteiger partial charge in [0.15, 0.2) is 0 Å². The highest BCUT2D eigenvalue weighted by Crippen LogP contribution is 2.12. The van der Waals surface area contributed by atoms with E-state index >= 15 is 0 Å². The average molecular weight is 209 g/mol. The van der Waals surface area contributed by atoms with Crippen LogP contribution in [-0.2, 0) is 6.61 Å². The predicted molar refractivity (Wildman–Crippen MR) is 62.9 cm³/mol. The molecule has 0 bridgehead atoms. The summed E-state index contributed by atoms with van der Waals surface area (Å²) < 4.78 is 5.58. The minimum Gasteiger partial charge on any atom is -0.487 e. The molecule has 78 valence electrons. The van der Waals surface area contributed by atoms with Crippen LogP contribution in [0.1, 0.15) is 11.1 Å². The average Bonchev–Trinajstić information content (AvgIpc) is 2.38. The summed E-state index contributed by atoms with van der Waals surface area (Å²) in [4.78, 5) is 4.00. The van der Waals surface area contributed by atoms with E-state index in [0.29, 0.717) is 12.4 Å². The molecule has 0 spiro atoms. The van der Waals surface area contributed by atoms with Gasteiger partial charge in [0.1, 0.15) is 12.4 Å². The SMILES string of the molecule is C#Cc1cncc(OCc2ccccc2)c1. The van der Waals surface area contributed by atoms with Gasteiger partial charge in [0.05, 0.1) is 6.20 Å². The van der Waals surface area contributed by atoms with E-state index in [-0.39, 0.29) is 0 Å². The van der Waals surface area contributed by atoms with Gasteiger partial charge < -0.3 is 4.74 Å². The van der Waals surface area contributed by atoms with Crippen molar-refractivity contribution in [1.29, 1.82) is 0 Å².